The molecule has 0 heterocycles. The molecule has 1 unspecified atom stereocenters. The van der Waals surface area contributed by atoms with Crippen molar-refractivity contribution in [1.82, 2.24) is 4.90 Å². The van der Waals surface area contributed by atoms with Crippen LogP contribution in [-0.4, -0.2) is 40.3 Å². The van der Waals surface area contributed by atoms with Gasteiger partial charge in [-0.1, -0.05) is 0 Å². The highest BCUT2D eigenvalue weighted by atomic mass is 127. The summed E-state index contributed by atoms with van der Waals surface area (Å²) in [5.74, 6) is -0.499. The number of hydrogen-bond donors (Lipinski definition) is 0. The van der Waals surface area contributed by atoms with E-state index in [0.29, 0.717) is 0 Å². The molecule has 1 atom stereocenters. The number of nitrogens with zero attached hydrogens (tertiary/aromatic N) is 1. The van der Waals surface area contributed by atoms with Gasteiger partial charge in [0, 0.05) is 7.05 Å². The normalized spacial score (nSPS) is 14.9. The zero-order valence-corrected chi connectivity index (χ0v) is 12.6. The van der Waals surface area contributed by atoms with E-state index in [1.54, 1.807) is 27.7 Å². The van der Waals surface area contributed by atoms with E-state index in [-0.39, 0.29) is 0 Å². The van der Waals surface area contributed by atoms with Crippen molar-refractivity contribution >= 4 is 34.7 Å². The van der Waals surface area contributed by atoms with Crippen LogP contribution in [0.25, 0.3) is 0 Å². The van der Waals surface area contributed by atoms with Crippen LogP contribution in [0.1, 0.15) is 27.7 Å². The highest BCUT2D eigenvalue weighted by molar-refractivity contribution is 14.1. The van der Waals surface area contributed by atoms with Crippen molar-refractivity contribution in [3.63, 3.8) is 0 Å². The monoisotopic (exact) mass is 343 g/mol. The van der Waals surface area contributed by atoms with E-state index in [1.165, 1.54) is 19.1 Å². The number of esters is 1. The van der Waals surface area contributed by atoms with Crippen LogP contribution < -0.4 is 0 Å². The van der Waals surface area contributed by atoms with Crippen LogP contribution in [0.3, 0.4) is 0 Å². The molecule has 16 heavy (non-hydrogen) atoms. The number of halogens is 1. The van der Waals surface area contributed by atoms with E-state index in [1.807, 2.05) is 22.6 Å². The van der Waals surface area contributed by atoms with Crippen LogP contribution in [0, 0.1) is 0 Å². The summed E-state index contributed by atoms with van der Waals surface area (Å²) in [5.41, 5.74) is -0.589. The molecule has 0 N–H and O–H groups in total. The maximum Gasteiger partial charge on any atom is 0.411 e. The zero-order chi connectivity index (χ0) is 13.1. The van der Waals surface area contributed by atoms with Gasteiger partial charge in [0.25, 0.3) is 0 Å². The van der Waals surface area contributed by atoms with Crippen LogP contribution in [-0.2, 0) is 14.3 Å². The molecule has 0 aliphatic heterocycles. The topological polar surface area (TPSA) is 55.8 Å². The minimum absolute atomic E-state index is 0.499. The Balaban J connectivity index is 4.73. The maximum absolute atomic E-state index is 11.7. The molecular formula is C10H18INO4. The Morgan fingerprint density at radius 1 is 1.19 bits per heavy atom. The Morgan fingerprint density at radius 3 is 1.94 bits per heavy atom. The number of methoxy groups -OCH3 is 1. The first-order chi connectivity index (χ1) is 7.02. The van der Waals surface area contributed by atoms with E-state index >= 15 is 0 Å². The van der Waals surface area contributed by atoms with Gasteiger partial charge in [0.05, 0.1) is 7.11 Å². The third-order valence-electron chi connectivity index (χ3n) is 1.86. The summed E-state index contributed by atoms with van der Waals surface area (Å²) in [6.07, 6.45) is -0.560. The molecule has 0 spiro atoms. The molecule has 0 aromatic heterocycles. The van der Waals surface area contributed by atoms with Crippen molar-refractivity contribution in [1.29, 1.82) is 0 Å². The molecule has 0 saturated heterocycles. The summed E-state index contributed by atoms with van der Waals surface area (Å²) >= 11 is 1.85. The summed E-state index contributed by atoms with van der Waals surface area (Å²) in [6, 6.07) is 0. The lowest BCUT2D eigenvalue weighted by Crippen LogP contribution is -2.50. The largest absolute Gasteiger partial charge is 0.467 e. The van der Waals surface area contributed by atoms with Crippen molar-refractivity contribution in [3.05, 3.63) is 0 Å². The molecular weight excluding hydrogens is 325 g/mol. The summed E-state index contributed by atoms with van der Waals surface area (Å²) in [5, 5.41) is 0. The highest BCUT2D eigenvalue weighted by Crippen LogP contribution is 2.25. The van der Waals surface area contributed by atoms with Crippen LogP contribution >= 0.6 is 22.6 Å². The Labute approximate surface area is 110 Å². The van der Waals surface area contributed by atoms with Crippen LogP contribution in [0.4, 0.5) is 4.79 Å². The van der Waals surface area contributed by atoms with E-state index in [9.17, 15) is 9.59 Å². The van der Waals surface area contributed by atoms with Gasteiger partial charge < -0.3 is 9.47 Å². The Kier molecular flexibility index (Phi) is 5.03. The third-order valence-corrected chi connectivity index (χ3v) is 3.02. The Morgan fingerprint density at radius 2 is 1.62 bits per heavy atom. The number of likely N-dealkylation sites (N-methyl/N-ethyl adjacent to an activating group) is 1. The summed E-state index contributed by atoms with van der Waals surface area (Å²) in [4.78, 5) is 24.4. The maximum atomic E-state index is 11.7. The van der Waals surface area contributed by atoms with Crippen LogP contribution in [0.15, 0.2) is 0 Å². The number of ether oxygens (including phenoxy) is 2. The second-order valence-electron chi connectivity index (χ2n) is 4.48. The van der Waals surface area contributed by atoms with E-state index < -0.39 is 21.2 Å². The lowest BCUT2D eigenvalue weighted by Gasteiger charge is -2.32. The van der Waals surface area contributed by atoms with Crippen LogP contribution in [0.5, 0.6) is 0 Å². The van der Waals surface area contributed by atoms with Crippen LogP contribution in [0.2, 0.25) is 0 Å². The summed E-state index contributed by atoms with van der Waals surface area (Å²) in [7, 11) is 2.78. The first kappa shape index (κ1) is 15.5. The number of hydrogen-bond acceptors (Lipinski definition) is 4. The van der Waals surface area contributed by atoms with Crippen molar-refractivity contribution in [2.75, 3.05) is 14.2 Å². The number of alkyl halides is 1. The van der Waals surface area contributed by atoms with Gasteiger partial charge in [0.15, 0.2) is 3.55 Å². The molecule has 0 aliphatic carbocycles. The molecule has 0 bridgehead atoms. The molecule has 0 aromatic carbocycles. The standard InChI is InChI=1S/C10H18INO4/c1-9(2,3)16-8(14)12(5)10(4,11)7(13)15-6/h1-6H3. The van der Waals surface area contributed by atoms with Crippen molar-refractivity contribution in [2.24, 2.45) is 0 Å². The Bertz CT molecular complexity index is 283. The molecule has 0 rings (SSSR count). The molecule has 6 heteroatoms. The van der Waals surface area contributed by atoms with Gasteiger partial charge >= 0.3 is 12.1 Å². The zero-order valence-electron chi connectivity index (χ0n) is 10.5. The molecule has 94 valence electrons. The molecule has 0 aliphatic rings. The van der Waals surface area contributed by atoms with Gasteiger partial charge in [0.2, 0.25) is 0 Å². The molecule has 0 aromatic rings. The van der Waals surface area contributed by atoms with Crippen molar-refractivity contribution < 1.29 is 19.1 Å². The third kappa shape index (κ3) is 4.15. The summed E-state index contributed by atoms with van der Waals surface area (Å²) < 4.78 is 8.70. The molecule has 0 radical (unpaired) electrons. The predicted molar refractivity (Wildman–Crippen MR) is 68.4 cm³/mol. The Hall–Kier alpha value is -0.530. The first-order valence-electron chi connectivity index (χ1n) is 4.76. The predicted octanol–water partition coefficient (Wildman–Crippen LogP) is 2.18. The second-order valence-corrected chi connectivity index (χ2v) is 6.58. The van der Waals surface area contributed by atoms with Gasteiger partial charge in [-0.15, -0.1) is 0 Å². The highest BCUT2D eigenvalue weighted by Gasteiger charge is 2.40. The van der Waals surface area contributed by atoms with Gasteiger partial charge in [-0.05, 0) is 50.3 Å². The lowest BCUT2D eigenvalue weighted by molar-refractivity contribution is -0.146. The number of rotatable bonds is 2. The number of amides is 1. The first-order valence-corrected chi connectivity index (χ1v) is 5.84. The molecule has 0 fully saturated rings. The minimum atomic E-state index is -1.07. The average Bonchev–Trinajstić information content (AvgIpc) is 2.12. The fraction of sp³-hybridized carbons (Fsp3) is 0.800. The second kappa shape index (κ2) is 5.20. The van der Waals surface area contributed by atoms with Gasteiger partial charge in [-0.25, -0.2) is 9.59 Å². The molecule has 1 amide bonds. The van der Waals surface area contributed by atoms with Crippen molar-refractivity contribution in [2.45, 2.75) is 36.8 Å². The quantitative estimate of drug-likeness (QED) is 0.334. The minimum Gasteiger partial charge on any atom is -0.467 e. The SMILES string of the molecule is COC(=O)C(C)(I)N(C)C(=O)OC(C)(C)C. The van der Waals surface area contributed by atoms with Gasteiger partial charge in [-0.2, -0.15) is 0 Å². The van der Waals surface area contributed by atoms with E-state index in [0.717, 1.165) is 0 Å². The lowest BCUT2D eigenvalue weighted by atomic mass is 10.2. The van der Waals surface area contributed by atoms with Gasteiger partial charge in [-0.3, -0.25) is 4.90 Å². The molecule has 0 saturated carbocycles. The van der Waals surface area contributed by atoms with E-state index in [4.69, 9.17) is 4.74 Å². The van der Waals surface area contributed by atoms with Crippen molar-refractivity contribution in [3.8, 4) is 0 Å². The smallest absolute Gasteiger partial charge is 0.411 e. The van der Waals surface area contributed by atoms with E-state index in [2.05, 4.69) is 4.74 Å². The number of carbonyl (C=O) groups is 2. The fourth-order valence-corrected chi connectivity index (χ4v) is 1.24. The fourth-order valence-electron chi connectivity index (χ4n) is 0.825. The van der Waals surface area contributed by atoms with Gasteiger partial charge in [0.1, 0.15) is 5.60 Å². The number of carbonyl (C=O) groups excluding carboxylic acids is 2. The summed E-state index contributed by atoms with van der Waals surface area (Å²) in [6.45, 7) is 6.88. The average molecular weight is 343 g/mol. The molecule has 5 nitrogen and oxygen atoms in total.